The molecule has 124 valence electrons. The summed E-state index contributed by atoms with van der Waals surface area (Å²) in [5, 5.41) is 3.78. The van der Waals surface area contributed by atoms with Crippen LogP contribution in [0.2, 0.25) is 0 Å². The molecule has 2 rings (SSSR count). The van der Waals surface area contributed by atoms with E-state index in [9.17, 15) is 0 Å². The number of hydrogen-bond donors (Lipinski definition) is 1. The lowest BCUT2D eigenvalue weighted by atomic mass is 9.80. The molecule has 2 nitrogen and oxygen atoms in total. The second-order valence-corrected chi connectivity index (χ2v) is 8.13. The number of hydrogen-bond acceptors (Lipinski definition) is 2. The maximum absolute atomic E-state index is 3.78. The lowest BCUT2D eigenvalue weighted by molar-refractivity contribution is 0.0848. The van der Waals surface area contributed by atoms with E-state index in [1.165, 1.54) is 64.6 Å². The molecule has 4 atom stereocenters. The third-order valence-electron chi connectivity index (χ3n) is 5.82. The van der Waals surface area contributed by atoms with Crippen LogP contribution in [0.5, 0.6) is 0 Å². The van der Waals surface area contributed by atoms with Crippen LogP contribution in [0.25, 0.3) is 0 Å². The third-order valence-corrected chi connectivity index (χ3v) is 5.82. The largest absolute Gasteiger partial charge is 0.311 e. The number of piperazine rings is 1. The first-order valence-corrected chi connectivity index (χ1v) is 9.57. The molecule has 0 bridgehead atoms. The van der Waals surface area contributed by atoms with Gasteiger partial charge in [-0.05, 0) is 43.6 Å². The summed E-state index contributed by atoms with van der Waals surface area (Å²) in [6, 6.07) is 1.48. The second kappa shape index (κ2) is 8.53. The molecule has 1 N–H and O–H groups in total. The molecule has 1 aliphatic heterocycles. The Balaban J connectivity index is 1.83. The highest BCUT2D eigenvalue weighted by Crippen LogP contribution is 2.31. The van der Waals surface area contributed by atoms with Crippen LogP contribution in [0.3, 0.4) is 0 Å². The van der Waals surface area contributed by atoms with Crippen LogP contribution in [0.1, 0.15) is 72.6 Å². The van der Waals surface area contributed by atoms with Crippen LogP contribution in [0.4, 0.5) is 0 Å². The van der Waals surface area contributed by atoms with Gasteiger partial charge in [-0.15, -0.1) is 0 Å². The SMILES string of the molecule is CCCC1CN(CCC2CCCC(C)C2)C(C(C)C)CN1. The van der Waals surface area contributed by atoms with Gasteiger partial charge >= 0.3 is 0 Å². The minimum atomic E-state index is 0.732. The predicted molar refractivity (Wildman–Crippen MR) is 92.6 cm³/mol. The molecule has 1 aliphatic carbocycles. The van der Waals surface area contributed by atoms with Gasteiger partial charge in [0.2, 0.25) is 0 Å². The van der Waals surface area contributed by atoms with Gasteiger partial charge in [0.15, 0.2) is 0 Å². The van der Waals surface area contributed by atoms with Gasteiger partial charge in [0.25, 0.3) is 0 Å². The highest BCUT2D eigenvalue weighted by molar-refractivity contribution is 4.88. The molecule has 21 heavy (non-hydrogen) atoms. The molecule has 0 aromatic heterocycles. The van der Waals surface area contributed by atoms with E-state index < -0.39 is 0 Å². The summed E-state index contributed by atoms with van der Waals surface area (Å²) in [6.45, 7) is 13.4. The van der Waals surface area contributed by atoms with Gasteiger partial charge in [-0.25, -0.2) is 0 Å². The fraction of sp³-hybridized carbons (Fsp3) is 1.00. The van der Waals surface area contributed by atoms with E-state index in [2.05, 4.69) is 37.9 Å². The Morgan fingerprint density at radius 2 is 2.00 bits per heavy atom. The zero-order valence-electron chi connectivity index (χ0n) is 14.9. The van der Waals surface area contributed by atoms with Crippen molar-refractivity contribution in [3.05, 3.63) is 0 Å². The summed E-state index contributed by atoms with van der Waals surface area (Å²) in [6.07, 6.45) is 9.99. The number of nitrogens with one attached hydrogen (secondary N) is 1. The molecular weight excluding hydrogens is 256 g/mol. The average molecular weight is 295 g/mol. The molecule has 2 fully saturated rings. The molecule has 0 aromatic carbocycles. The molecule has 0 amide bonds. The van der Waals surface area contributed by atoms with Crippen molar-refractivity contribution in [1.82, 2.24) is 10.2 Å². The van der Waals surface area contributed by atoms with Gasteiger partial charge in [-0.2, -0.15) is 0 Å². The third kappa shape index (κ3) is 5.25. The van der Waals surface area contributed by atoms with Crippen LogP contribution in [-0.4, -0.2) is 36.6 Å². The van der Waals surface area contributed by atoms with Gasteiger partial charge in [0.05, 0.1) is 0 Å². The molecular formula is C19H38N2. The highest BCUT2D eigenvalue weighted by Gasteiger charge is 2.30. The van der Waals surface area contributed by atoms with Gasteiger partial charge in [0, 0.05) is 25.2 Å². The Bertz CT molecular complexity index is 289. The number of rotatable bonds is 6. The molecule has 4 unspecified atom stereocenters. The van der Waals surface area contributed by atoms with E-state index in [1.54, 1.807) is 0 Å². The maximum Gasteiger partial charge on any atom is 0.0244 e. The molecule has 2 aliphatic rings. The van der Waals surface area contributed by atoms with Gasteiger partial charge < -0.3 is 5.32 Å². The highest BCUT2D eigenvalue weighted by atomic mass is 15.2. The monoisotopic (exact) mass is 294 g/mol. The topological polar surface area (TPSA) is 15.3 Å². The van der Waals surface area contributed by atoms with E-state index in [0.717, 1.165) is 29.8 Å². The van der Waals surface area contributed by atoms with E-state index in [4.69, 9.17) is 0 Å². The van der Waals surface area contributed by atoms with E-state index >= 15 is 0 Å². The average Bonchev–Trinajstić information content (AvgIpc) is 2.45. The Hall–Kier alpha value is -0.0800. The Kier molecular flexibility index (Phi) is 7.01. The Morgan fingerprint density at radius 3 is 2.67 bits per heavy atom. The van der Waals surface area contributed by atoms with Crippen molar-refractivity contribution in [3.8, 4) is 0 Å². The molecule has 1 heterocycles. The summed E-state index contributed by atoms with van der Waals surface area (Å²) in [5.41, 5.74) is 0. The van der Waals surface area contributed by atoms with Crippen LogP contribution in [-0.2, 0) is 0 Å². The lowest BCUT2D eigenvalue weighted by Crippen LogP contribution is -2.58. The van der Waals surface area contributed by atoms with Crippen LogP contribution >= 0.6 is 0 Å². The van der Waals surface area contributed by atoms with Crippen molar-refractivity contribution in [3.63, 3.8) is 0 Å². The van der Waals surface area contributed by atoms with Gasteiger partial charge in [0.1, 0.15) is 0 Å². The zero-order valence-corrected chi connectivity index (χ0v) is 14.9. The molecule has 2 heteroatoms. The standard InChI is InChI=1S/C19H38N2/c1-5-7-18-14-21(19(13-20-18)15(2)3)11-10-17-9-6-8-16(4)12-17/h15-20H,5-14H2,1-4H3. The van der Waals surface area contributed by atoms with E-state index in [0.29, 0.717) is 0 Å². The minimum absolute atomic E-state index is 0.732. The first-order chi connectivity index (χ1) is 10.1. The van der Waals surface area contributed by atoms with E-state index in [-0.39, 0.29) is 0 Å². The van der Waals surface area contributed by atoms with Crippen molar-refractivity contribution >= 4 is 0 Å². The summed E-state index contributed by atoms with van der Waals surface area (Å²) < 4.78 is 0. The molecule has 0 spiro atoms. The summed E-state index contributed by atoms with van der Waals surface area (Å²) >= 11 is 0. The second-order valence-electron chi connectivity index (χ2n) is 8.13. The fourth-order valence-electron chi connectivity index (χ4n) is 4.53. The van der Waals surface area contributed by atoms with Gasteiger partial charge in [-0.1, -0.05) is 53.4 Å². The van der Waals surface area contributed by atoms with Crippen LogP contribution in [0, 0.1) is 17.8 Å². The normalized spacial score (nSPS) is 35.3. The number of nitrogens with zero attached hydrogens (tertiary/aromatic N) is 1. The van der Waals surface area contributed by atoms with E-state index in [1.807, 2.05) is 0 Å². The molecule has 1 saturated heterocycles. The fourth-order valence-corrected chi connectivity index (χ4v) is 4.53. The van der Waals surface area contributed by atoms with Crippen LogP contribution in [0.15, 0.2) is 0 Å². The summed E-state index contributed by atoms with van der Waals surface area (Å²) in [5.74, 6) is 2.74. The van der Waals surface area contributed by atoms with Crippen LogP contribution < -0.4 is 5.32 Å². The molecule has 1 saturated carbocycles. The Morgan fingerprint density at radius 1 is 1.19 bits per heavy atom. The van der Waals surface area contributed by atoms with Crippen molar-refractivity contribution in [2.24, 2.45) is 17.8 Å². The minimum Gasteiger partial charge on any atom is -0.311 e. The summed E-state index contributed by atoms with van der Waals surface area (Å²) in [7, 11) is 0. The van der Waals surface area contributed by atoms with Crippen molar-refractivity contribution in [2.45, 2.75) is 84.7 Å². The quantitative estimate of drug-likeness (QED) is 0.785. The first-order valence-electron chi connectivity index (χ1n) is 9.57. The summed E-state index contributed by atoms with van der Waals surface area (Å²) in [4.78, 5) is 2.82. The zero-order chi connectivity index (χ0) is 15.2. The smallest absolute Gasteiger partial charge is 0.0244 e. The maximum atomic E-state index is 3.78. The molecule has 0 radical (unpaired) electrons. The molecule has 0 aromatic rings. The predicted octanol–water partition coefficient (Wildman–Crippen LogP) is 4.30. The van der Waals surface area contributed by atoms with Gasteiger partial charge in [-0.3, -0.25) is 4.90 Å². The van der Waals surface area contributed by atoms with Crippen molar-refractivity contribution < 1.29 is 0 Å². The van der Waals surface area contributed by atoms with Crippen molar-refractivity contribution in [1.29, 1.82) is 0 Å². The van der Waals surface area contributed by atoms with Crippen molar-refractivity contribution in [2.75, 3.05) is 19.6 Å². The lowest BCUT2D eigenvalue weighted by Gasteiger charge is -2.43. The Labute approximate surface area is 133 Å². The first kappa shape index (κ1) is 17.3.